The van der Waals surface area contributed by atoms with E-state index < -0.39 is 10.3 Å². The van der Waals surface area contributed by atoms with Gasteiger partial charge in [0.25, 0.3) is 0 Å². The molecule has 3 rings (SSSR count). The van der Waals surface area contributed by atoms with Crippen molar-refractivity contribution >= 4 is 26.4 Å². The molecule has 1 heterocycles. The van der Waals surface area contributed by atoms with E-state index in [2.05, 4.69) is 4.98 Å². The van der Waals surface area contributed by atoms with Gasteiger partial charge in [-0.25, -0.2) is 4.98 Å². The molecule has 23 heavy (non-hydrogen) atoms. The molecule has 2 aromatic rings. The van der Waals surface area contributed by atoms with Crippen LogP contribution in [0.1, 0.15) is 12.3 Å². The summed E-state index contributed by atoms with van der Waals surface area (Å²) >= 11 is 0. The maximum absolute atomic E-state index is 10.9. The third-order valence-electron chi connectivity index (χ3n) is 3.62. The van der Waals surface area contributed by atoms with Crippen LogP contribution in [0.25, 0.3) is 16.8 Å². The highest BCUT2D eigenvalue weighted by atomic mass is 32.2. The SMILES string of the molecule is CN(C)c1ccc(-c2coc(C3=CCC(=S(=O)=O)C=C3)n2)cc1. The minimum absolute atomic E-state index is 0.358. The zero-order valence-corrected chi connectivity index (χ0v) is 13.7. The lowest BCUT2D eigenvalue weighted by Crippen LogP contribution is -2.07. The first kappa shape index (κ1) is 15.3. The van der Waals surface area contributed by atoms with E-state index in [0.29, 0.717) is 17.2 Å². The molecule has 0 atom stereocenters. The Hall–Kier alpha value is -2.60. The lowest BCUT2D eigenvalue weighted by Gasteiger charge is -2.11. The highest BCUT2D eigenvalue weighted by Crippen LogP contribution is 2.26. The van der Waals surface area contributed by atoms with Crippen molar-refractivity contribution in [2.45, 2.75) is 6.42 Å². The van der Waals surface area contributed by atoms with Gasteiger partial charge >= 0.3 is 0 Å². The summed E-state index contributed by atoms with van der Waals surface area (Å²) in [6.07, 6.45) is 7.06. The number of nitrogens with zero attached hydrogens (tertiary/aromatic N) is 2. The number of anilines is 1. The molecule has 0 saturated carbocycles. The minimum Gasteiger partial charge on any atom is -0.444 e. The fourth-order valence-electron chi connectivity index (χ4n) is 2.28. The molecule has 0 N–H and O–H groups in total. The number of oxazole rings is 1. The molecule has 5 nitrogen and oxygen atoms in total. The Labute approximate surface area is 136 Å². The van der Waals surface area contributed by atoms with E-state index in [4.69, 9.17) is 4.42 Å². The molecule has 118 valence electrons. The Kier molecular flexibility index (Phi) is 4.16. The first-order valence-corrected chi connectivity index (χ1v) is 8.19. The summed E-state index contributed by atoms with van der Waals surface area (Å²) in [5.74, 6) is 0.490. The molecule has 0 fully saturated rings. The van der Waals surface area contributed by atoms with E-state index in [1.807, 2.05) is 43.3 Å². The normalized spacial score (nSPS) is 13.8. The van der Waals surface area contributed by atoms with Crippen LogP contribution in [0.2, 0.25) is 0 Å². The molecule has 6 heteroatoms. The molecule has 0 unspecified atom stereocenters. The van der Waals surface area contributed by atoms with Gasteiger partial charge in [0.1, 0.15) is 12.0 Å². The van der Waals surface area contributed by atoms with Gasteiger partial charge in [0.15, 0.2) is 0 Å². The number of aromatic nitrogens is 1. The molecule has 1 aliphatic rings. The highest BCUT2D eigenvalue weighted by molar-refractivity contribution is 7.73. The summed E-state index contributed by atoms with van der Waals surface area (Å²) in [5.41, 5.74) is 3.63. The molecule has 1 aromatic carbocycles. The fraction of sp³-hybridized carbons (Fsp3) is 0.176. The van der Waals surface area contributed by atoms with Crippen LogP contribution < -0.4 is 4.90 Å². The third-order valence-corrected chi connectivity index (χ3v) is 4.35. The lowest BCUT2D eigenvalue weighted by molar-refractivity contribution is 0.543. The third kappa shape index (κ3) is 3.27. The molecule has 0 amide bonds. The quantitative estimate of drug-likeness (QED) is 0.811. The smallest absolute Gasteiger partial charge is 0.226 e. The largest absolute Gasteiger partial charge is 0.444 e. The van der Waals surface area contributed by atoms with Gasteiger partial charge < -0.3 is 9.32 Å². The summed E-state index contributed by atoms with van der Waals surface area (Å²) in [7, 11) is 1.81. The van der Waals surface area contributed by atoms with Crippen molar-refractivity contribution in [3.05, 3.63) is 54.6 Å². The molecule has 1 aliphatic carbocycles. The summed E-state index contributed by atoms with van der Waals surface area (Å²) in [4.78, 5) is 6.88. The Morgan fingerprint density at radius 1 is 1.13 bits per heavy atom. The molecule has 0 spiro atoms. The Morgan fingerprint density at radius 3 is 2.43 bits per heavy atom. The van der Waals surface area contributed by atoms with Crippen molar-refractivity contribution in [3.63, 3.8) is 0 Å². The number of benzene rings is 1. The molecular weight excluding hydrogens is 312 g/mol. The highest BCUT2D eigenvalue weighted by Gasteiger charge is 2.12. The van der Waals surface area contributed by atoms with Crippen molar-refractivity contribution < 1.29 is 12.8 Å². The van der Waals surface area contributed by atoms with Crippen molar-refractivity contribution in [1.82, 2.24) is 4.98 Å². The van der Waals surface area contributed by atoms with Gasteiger partial charge in [-0.3, -0.25) is 0 Å². The van der Waals surface area contributed by atoms with Crippen molar-refractivity contribution in [2.75, 3.05) is 19.0 Å². The van der Waals surface area contributed by atoms with E-state index in [-0.39, 0.29) is 0 Å². The number of hydrogen-bond acceptors (Lipinski definition) is 5. The van der Waals surface area contributed by atoms with Gasteiger partial charge in [-0.1, -0.05) is 18.2 Å². The van der Waals surface area contributed by atoms with Gasteiger partial charge in [0, 0.05) is 37.3 Å². The van der Waals surface area contributed by atoms with Gasteiger partial charge in [-0.05, 0) is 24.3 Å². The van der Waals surface area contributed by atoms with Crippen molar-refractivity contribution in [3.8, 4) is 11.3 Å². The second-order valence-corrected chi connectivity index (χ2v) is 6.37. The zero-order valence-electron chi connectivity index (χ0n) is 12.9. The number of rotatable bonds is 3. The van der Waals surface area contributed by atoms with E-state index >= 15 is 0 Å². The average Bonchev–Trinajstić information content (AvgIpc) is 3.05. The summed E-state index contributed by atoms with van der Waals surface area (Å²) in [6, 6.07) is 8.03. The van der Waals surface area contributed by atoms with Crippen LogP contribution in [0.15, 0.2) is 53.2 Å². The first-order chi connectivity index (χ1) is 11.0. The predicted octanol–water partition coefficient (Wildman–Crippen LogP) is 2.80. The maximum atomic E-state index is 10.9. The fourth-order valence-corrected chi connectivity index (χ4v) is 2.68. The summed E-state index contributed by atoms with van der Waals surface area (Å²) < 4.78 is 27.3. The van der Waals surface area contributed by atoms with E-state index in [1.54, 1.807) is 24.5 Å². The molecule has 1 aromatic heterocycles. The van der Waals surface area contributed by atoms with Crippen LogP contribution in [0.4, 0.5) is 5.69 Å². The Morgan fingerprint density at radius 2 is 1.87 bits per heavy atom. The van der Waals surface area contributed by atoms with Crippen molar-refractivity contribution in [2.24, 2.45) is 0 Å². The monoisotopic (exact) mass is 328 g/mol. The average molecular weight is 328 g/mol. The zero-order chi connectivity index (χ0) is 16.4. The van der Waals surface area contributed by atoms with Crippen LogP contribution in [-0.2, 0) is 10.3 Å². The van der Waals surface area contributed by atoms with Crippen LogP contribution in [-0.4, -0.2) is 32.4 Å². The standard InChI is InChI=1S/C17H16N2O3S/c1-19(2)14-7-3-12(4-8-14)16-11-22-17(18-16)13-5-9-15(10-6-13)23(20)21/h3-9,11H,10H2,1-2H3. The molecule has 0 aliphatic heterocycles. The molecule has 0 saturated heterocycles. The first-order valence-electron chi connectivity index (χ1n) is 7.11. The van der Waals surface area contributed by atoms with Crippen LogP contribution in [0, 0.1) is 0 Å². The van der Waals surface area contributed by atoms with Gasteiger partial charge in [-0.2, -0.15) is 8.42 Å². The number of allylic oxidation sites excluding steroid dienone is 4. The van der Waals surface area contributed by atoms with Crippen LogP contribution in [0.5, 0.6) is 0 Å². The van der Waals surface area contributed by atoms with E-state index in [0.717, 1.165) is 22.5 Å². The maximum Gasteiger partial charge on any atom is 0.226 e. The summed E-state index contributed by atoms with van der Waals surface area (Å²) in [6.45, 7) is 0. The van der Waals surface area contributed by atoms with Gasteiger partial charge in [0.2, 0.25) is 16.2 Å². The van der Waals surface area contributed by atoms with Crippen molar-refractivity contribution in [1.29, 1.82) is 0 Å². The predicted molar refractivity (Wildman–Crippen MR) is 91.9 cm³/mol. The minimum atomic E-state index is -2.17. The van der Waals surface area contributed by atoms with Crippen LogP contribution in [0.3, 0.4) is 0 Å². The molecule has 0 radical (unpaired) electrons. The number of hydrogen-bond donors (Lipinski definition) is 0. The van der Waals surface area contributed by atoms with E-state index in [9.17, 15) is 8.42 Å². The topological polar surface area (TPSA) is 63.4 Å². The van der Waals surface area contributed by atoms with Gasteiger partial charge in [-0.15, -0.1) is 0 Å². The second kappa shape index (κ2) is 6.26. The lowest BCUT2D eigenvalue weighted by atomic mass is 10.1. The Bertz CT molecular complexity index is 909. The van der Waals surface area contributed by atoms with E-state index in [1.165, 1.54) is 0 Å². The molecule has 0 bridgehead atoms. The second-order valence-electron chi connectivity index (χ2n) is 5.38. The van der Waals surface area contributed by atoms with Crippen LogP contribution >= 0.6 is 0 Å². The Balaban J connectivity index is 1.84. The summed E-state index contributed by atoms with van der Waals surface area (Å²) in [5, 5.41) is 0. The van der Waals surface area contributed by atoms with Gasteiger partial charge in [0.05, 0.1) is 4.86 Å². The molecular formula is C17H16N2O3S.